The van der Waals surface area contributed by atoms with Gasteiger partial charge >= 0.3 is 0 Å². The number of ether oxygens (including phenoxy) is 6. The Hall–Kier alpha value is -9.11. The number of methoxy groups -OCH3 is 4. The third kappa shape index (κ3) is 15.4. The van der Waals surface area contributed by atoms with Gasteiger partial charge in [-0.2, -0.15) is 0 Å². The minimum Gasteiger partial charge on any atom is -0.496 e. The van der Waals surface area contributed by atoms with E-state index in [1.807, 2.05) is 103 Å². The molecule has 0 radical (unpaired) electrons. The fourth-order valence-electron chi connectivity index (χ4n) is 11.2. The zero-order valence-electron chi connectivity index (χ0n) is 50.9. The molecule has 2 aliphatic heterocycles. The predicted molar refractivity (Wildman–Crippen MR) is 342 cm³/mol. The molecule has 0 amide bonds. The Morgan fingerprint density at radius 2 is 0.923 bits per heavy atom. The van der Waals surface area contributed by atoms with E-state index in [2.05, 4.69) is 84.4 Å². The number of hydrogen-bond acceptors (Lipinski definition) is 21. The Labute approximate surface area is 526 Å². The fraction of sp³-hybridized carbons (Fsp3) is 0.309. The van der Waals surface area contributed by atoms with E-state index in [1.165, 1.54) is 42.8 Å². The molecular formula is C68H76N12O11. The Bertz CT molecular complexity index is 3810. The van der Waals surface area contributed by atoms with Crippen LogP contribution in [0, 0.1) is 0 Å². The number of carbonyl (C=O) groups excluding carboxylic acids is 1. The van der Waals surface area contributed by atoms with Gasteiger partial charge in [0, 0.05) is 51.3 Å². The lowest BCUT2D eigenvalue weighted by Gasteiger charge is -2.20. The lowest BCUT2D eigenvalue weighted by Crippen LogP contribution is -2.33. The first kappa shape index (κ1) is 64.9. The first-order chi connectivity index (χ1) is 44.5. The number of fused-ring (bicyclic) bond motifs is 2. The zero-order chi connectivity index (χ0) is 63.6. The van der Waals surface area contributed by atoms with E-state index < -0.39 is 49.1 Å². The number of aromatic nitrogens is 8. The van der Waals surface area contributed by atoms with Crippen LogP contribution < -0.4 is 31.2 Å². The van der Waals surface area contributed by atoms with Crippen molar-refractivity contribution in [2.75, 3.05) is 65.4 Å². The van der Waals surface area contributed by atoms with E-state index in [9.17, 15) is 25.2 Å². The highest BCUT2D eigenvalue weighted by Crippen LogP contribution is 2.36. The van der Waals surface area contributed by atoms with Gasteiger partial charge in [-0.25, -0.2) is 29.9 Å². The van der Waals surface area contributed by atoms with Crippen LogP contribution in [0.2, 0.25) is 0 Å². The van der Waals surface area contributed by atoms with Crippen LogP contribution in [0.5, 0.6) is 11.5 Å². The van der Waals surface area contributed by atoms with Crippen molar-refractivity contribution in [3.63, 3.8) is 0 Å². The van der Waals surface area contributed by atoms with Crippen LogP contribution >= 0.6 is 0 Å². The van der Waals surface area contributed by atoms with Crippen molar-refractivity contribution in [2.45, 2.75) is 80.5 Å². The molecule has 23 nitrogen and oxygen atoms in total. The molecule has 0 bridgehead atoms. The molecule has 6 heterocycles. The van der Waals surface area contributed by atoms with Crippen molar-refractivity contribution in [1.29, 1.82) is 0 Å². The normalized spacial score (nSPS) is 19.4. The molecule has 474 valence electrons. The summed E-state index contributed by atoms with van der Waals surface area (Å²) in [5.41, 5.74) is 14.2. The number of para-hydroxylation sites is 2. The molecule has 3 unspecified atom stereocenters. The smallest absolute Gasteiger partial charge is 0.168 e. The maximum absolute atomic E-state index is 10.9. The minimum atomic E-state index is -1.19. The number of nitrogens with two attached hydrogens (primary N) is 1. The van der Waals surface area contributed by atoms with Crippen molar-refractivity contribution in [2.24, 2.45) is 5.73 Å². The van der Waals surface area contributed by atoms with Gasteiger partial charge in [-0.15, -0.1) is 0 Å². The number of imidazole rings is 2. The summed E-state index contributed by atoms with van der Waals surface area (Å²) in [6, 6.07) is 56.1. The number of carbonyl (C=O) groups is 1. The Balaban J connectivity index is 0.000000176. The van der Waals surface area contributed by atoms with Crippen LogP contribution in [0.25, 0.3) is 22.3 Å². The Morgan fingerprint density at radius 1 is 0.516 bits per heavy atom. The second-order valence-corrected chi connectivity index (χ2v) is 21.6. The van der Waals surface area contributed by atoms with Gasteiger partial charge in [-0.1, -0.05) is 152 Å². The molecule has 0 spiro atoms. The van der Waals surface area contributed by atoms with Crippen molar-refractivity contribution >= 4 is 40.2 Å². The van der Waals surface area contributed by atoms with Crippen molar-refractivity contribution < 1.29 is 53.6 Å². The quantitative estimate of drug-likeness (QED) is 0.0284. The van der Waals surface area contributed by atoms with Crippen LogP contribution in [0.1, 0.15) is 74.1 Å². The summed E-state index contributed by atoms with van der Waals surface area (Å²) in [4.78, 5) is 38.4. The van der Waals surface area contributed by atoms with Crippen molar-refractivity contribution in [1.82, 2.24) is 44.4 Å². The van der Waals surface area contributed by atoms with Gasteiger partial charge in [-0.3, -0.25) is 13.9 Å². The van der Waals surface area contributed by atoms with E-state index in [0.717, 1.165) is 17.6 Å². The topological polar surface area (TPSA) is 303 Å². The average Bonchev–Trinajstić information content (AvgIpc) is 1.71. The lowest BCUT2D eigenvalue weighted by atomic mass is 9.91. The molecule has 91 heavy (non-hydrogen) atoms. The van der Waals surface area contributed by atoms with Crippen molar-refractivity contribution in [3.8, 4) is 11.5 Å². The standard InChI is InChI=1S/C34H38N6O5.C26H30N6O4.C8H8O2/c1-43-20-27-30(41)31(42)34(45-27)40-21-37-29-32(36-18-25(22-11-5-3-6-12-22)23-13-7-4-8-14-23)38-28(39-33(29)40)19-35-17-24-15-9-10-16-26(24)44-2;1-35-14-19-22(33)23(34)26(36-19)32-15-29-21-24(30-20(12-27)31-25(21)32)28-13-18(16-8-4-2-5-9-16)17-10-6-3-7-11-17;1-10-8-5-3-2-4-7(8)6-9/h3-16,21,25,27,30-31,34-35,41-42H,17-20H2,1-2H3,(H,36,38,39);2-11,15,18-19,22-23,26,33-34H,12-14,27H2,1H3,(H,28,30,31);2-6H,1H3/t27-,30?,31?,34?;19-,22-,23-,26-;/m11./s1. The number of anilines is 2. The van der Waals surface area contributed by atoms with Gasteiger partial charge in [0.25, 0.3) is 0 Å². The second-order valence-electron chi connectivity index (χ2n) is 21.6. The number of rotatable bonds is 24. The molecule has 4 aromatic heterocycles. The fourth-order valence-corrected chi connectivity index (χ4v) is 11.2. The molecule has 10 aromatic rings. The molecule has 6 aromatic carbocycles. The molecule has 9 N–H and O–H groups in total. The summed E-state index contributed by atoms with van der Waals surface area (Å²) in [6.07, 6.45) is -3.83. The third-order valence-electron chi connectivity index (χ3n) is 15.8. The number of nitrogens with zero attached hydrogens (tertiary/aromatic N) is 8. The molecule has 23 heteroatoms. The van der Waals surface area contributed by atoms with Gasteiger partial charge in [-0.05, 0) is 40.5 Å². The lowest BCUT2D eigenvalue weighted by molar-refractivity contribution is -0.0580. The minimum absolute atomic E-state index is 0.0524. The summed E-state index contributed by atoms with van der Waals surface area (Å²) in [7, 11) is 6.23. The number of aliphatic hydroxyl groups is 4. The van der Waals surface area contributed by atoms with Gasteiger partial charge in [0.2, 0.25) is 0 Å². The Morgan fingerprint density at radius 3 is 1.34 bits per heavy atom. The summed E-state index contributed by atoms with van der Waals surface area (Å²) >= 11 is 0. The summed E-state index contributed by atoms with van der Waals surface area (Å²) in [6.45, 7) is 2.44. The van der Waals surface area contributed by atoms with Crippen LogP contribution in [0.15, 0.2) is 183 Å². The molecule has 12 rings (SSSR count). The summed E-state index contributed by atoms with van der Waals surface area (Å²) < 4.78 is 35.9. The van der Waals surface area contributed by atoms with Gasteiger partial charge < -0.3 is 70.5 Å². The molecule has 0 aliphatic carbocycles. The maximum atomic E-state index is 10.9. The van der Waals surface area contributed by atoms with E-state index in [4.69, 9.17) is 44.1 Å². The highest BCUT2D eigenvalue weighted by molar-refractivity contribution is 5.84. The van der Waals surface area contributed by atoms with E-state index in [0.29, 0.717) is 83.1 Å². The monoisotopic (exact) mass is 1240 g/mol. The van der Waals surface area contributed by atoms with Crippen molar-refractivity contribution in [3.05, 3.63) is 228 Å². The second kappa shape index (κ2) is 31.6. The van der Waals surface area contributed by atoms with Crippen LogP contribution in [0.4, 0.5) is 11.6 Å². The van der Waals surface area contributed by atoms with Gasteiger partial charge in [0.15, 0.2) is 52.7 Å². The van der Waals surface area contributed by atoms with E-state index in [-0.39, 0.29) is 31.6 Å². The largest absolute Gasteiger partial charge is 0.496 e. The highest BCUT2D eigenvalue weighted by Gasteiger charge is 2.46. The average molecular weight is 1240 g/mol. The third-order valence-corrected chi connectivity index (χ3v) is 15.8. The SMILES string of the molecule is COC[C@H]1OC(n2cnc3c(NCC(c4ccccc4)c4ccccc4)nc(CNCc4ccccc4OC)nc32)C(O)C1O.COC[C@H]1O[C@@H](n2cnc3c(NCC(c4ccccc4)c4ccccc4)nc(CN)nc32)[C@H](O)[C@@H]1O.COc1ccccc1C=O. The Kier molecular flexibility index (Phi) is 22.5. The number of benzene rings is 6. The number of hydrogen-bond donors (Lipinski definition) is 8. The summed E-state index contributed by atoms with van der Waals surface area (Å²) in [5.74, 6) is 3.60. The summed E-state index contributed by atoms with van der Waals surface area (Å²) in [5, 5.41) is 53.0. The van der Waals surface area contributed by atoms with Gasteiger partial charge in [0.1, 0.15) is 59.8 Å². The number of aldehydes is 1. The molecule has 0 saturated carbocycles. The first-order valence-electron chi connectivity index (χ1n) is 29.8. The van der Waals surface area contributed by atoms with Crippen LogP contribution in [-0.2, 0) is 38.6 Å². The van der Waals surface area contributed by atoms with Gasteiger partial charge in [0.05, 0.1) is 58.7 Å². The molecule has 8 atom stereocenters. The van der Waals surface area contributed by atoms with Crippen LogP contribution in [-0.4, -0.2) is 157 Å². The predicted octanol–water partition coefficient (Wildman–Crippen LogP) is 6.94. The molecule has 2 fully saturated rings. The first-order valence-corrected chi connectivity index (χ1v) is 29.8. The number of nitrogens with one attached hydrogen (secondary N) is 3. The maximum Gasteiger partial charge on any atom is 0.168 e. The molecule has 2 aliphatic rings. The highest BCUT2D eigenvalue weighted by atomic mass is 16.6. The van der Waals surface area contributed by atoms with E-state index in [1.54, 1.807) is 47.9 Å². The van der Waals surface area contributed by atoms with E-state index >= 15 is 0 Å². The molecule has 2 saturated heterocycles. The zero-order valence-corrected chi connectivity index (χ0v) is 50.9. The number of aliphatic hydroxyl groups excluding tert-OH is 4. The molecular weight excluding hydrogens is 1160 g/mol. The van der Waals surface area contributed by atoms with Crippen LogP contribution in [0.3, 0.4) is 0 Å².